The molecule has 0 nitrogen and oxygen atoms in total. The summed E-state index contributed by atoms with van der Waals surface area (Å²) in [7, 11) is 0. The summed E-state index contributed by atoms with van der Waals surface area (Å²) in [5, 5.41) is 1.19. The Kier molecular flexibility index (Phi) is 27.0. The van der Waals surface area contributed by atoms with Gasteiger partial charge in [0.25, 0.3) is 0 Å². The molecule has 0 N–H and O–H groups in total. The Morgan fingerprint density at radius 2 is 0.737 bits per heavy atom. The van der Waals surface area contributed by atoms with Gasteiger partial charge in [-0.05, 0) is 6.42 Å². The first kappa shape index (κ1) is 21.8. The molecular weight excluding hydrogens is 296 g/mol. The topological polar surface area (TPSA) is 0 Å². The van der Waals surface area contributed by atoms with Crippen molar-refractivity contribution in [3.8, 4) is 0 Å². The van der Waals surface area contributed by atoms with Crippen molar-refractivity contribution in [1.82, 2.24) is 0 Å². The molecule has 0 atom stereocenters. The minimum absolute atomic E-state index is 1.19. The van der Waals surface area contributed by atoms with E-state index in [2.05, 4.69) is 36.7 Å². The van der Waals surface area contributed by atoms with E-state index >= 15 is 0 Å². The van der Waals surface area contributed by atoms with Gasteiger partial charge in [0.2, 0.25) is 0 Å². The normalized spacial score (nSPS) is 10.1. The maximum Gasteiger partial charge on any atom is 0.00313 e. The van der Waals surface area contributed by atoms with Crippen LogP contribution in [0.3, 0.4) is 0 Å². The van der Waals surface area contributed by atoms with E-state index in [1.165, 1.54) is 95.2 Å². The Balaban J connectivity index is 0. The second-order valence-corrected chi connectivity index (χ2v) is 6.43. The largest absolute Gasteiger partial charge is 0.0928 e. The average Bonchev–Trinajstić information content (AvgIpc) is 2.41. The third-order valence-electron chi connectivity index (χ3n) is 3.24. The van der Waals surface area contributed by atoms with E-state index in [0.717, 1.165) is 0 Å². The Hall–Kier alpha value is 0.480. The van der Waals surface area contributed by atoms with Gasteiger partial charge in [-0.2, -0.15) is 0 Å². The van der Waals surface area contributed by atoms with Crippen molar-refractivity contribution < 1.29 is 0 Å². The molecule has 0 saturated carbocycles. The molecule has 0 aromatic carbocycles. The van der Waals surface area contributed by atoms with E-state index in [9.17, 15) is 0 Å². The summed E-state index contributed by atoms with van der Waals surface area (Å²) in [6.45, 7) is 6.54. The lowest BCUT2D eigenvalue weighted by molar-refractivity contribution is 0.543. The molecule has 0 bridgehead atoms. The number of hydrogen-bond donors (Lipinski definition) is 0. The Labute approximate surface area is 132 Å². The Bertz CT molecular complexity index is 109. The maximum atomic E-state index is 3.48. The molecule has 0 saturated heterocycles. The van der Waals surface area contributed by atoms with Crippen LogP contribution in [0.4, 0.5) is 0 Å². The summed E-state index contributed by atoms with van der Waals surface area (Å²) in [6.07, 6.45) is 20.0. The third kappa shape index (κ3) is 27.6. The fourth-order valence-electron chi connectivity index (χ4n) is 2.11. The molecule has 0 rings (SSSR count). The first-order valence-corrected chi connectivity index (χ1v) is 10.0. The predicted octanol–water partition coefficient (Wildman–Crippen LogP) is 7.89. The maximum absolute atomic E-state index is 3.48. The van der Waals surface area contributed by atoms with Crippen LogP contribution in [0.1, 0.15) is 111 Å². The Morgan fingerprint density at radius 3 is 1.00 bits per heavy atom. The summed E-state index contributed by atoms with van der Waals surface area (Å²) >= 11 is 3.48. The van der Waals surface area contributed by atoms with Gasteiger partial charge in [0, 0.05) is 5.33 Å². The fourth-order valence-corrected chi connectivity index (χ4v) is 2.51. The zero-order valence-electron chi connectivity index (χ0n) is 14.0. The highest BCUT2D eigenvalue weighted by Gasteiger charge is 1.92. The quantitative estimate of drug-likeness (QED) is 0.237. The summed E-state index contributed by atoms with van der Waals surface area (Å²) in [5.74, 6) is 0. The van der Waals surface area contributed by atoms with Crippen molar-refractivity contribution in [2.75, 3.05) is 5.33 Å². The molecule has 0 amide bonds. The van der Waals surface area contributed by atoms with Crippen LogP contribution in [-0.4, -0.2) is 5.33 Å². The first-order chi connectivity index (χ1) is 9.33. The van der Waals surface area contributed by atoms with E-state index < -0.39 is 0 Å². The van der Waals surface area contributed by atoms with Gasteiger partial charge in [0.15, 0.2) is 0 Å². The summed E-state index contributed by atoms with van der Waals surface area (Å²) < 4.78 is 0. The standard InChI is InChI=1S/C15H31Br.C3H8/c1-2-3-4-5-6-7-8-9-10-11-12-13-14-15-16;1-3-2/h2-15H2,1H3;3H2,1-2H3. The van der Waals surface area contributed by atoms with E-state index in [4.69, 9.17) is 0 Å². The number of alkyl halides is 1. The van der Waals surface area contributed by atoms with Crippen molar-refractivity contribution in [2.24, 2.45) is 0 Å². The minimum atomic E-state index is 1.19. The molecule has 0 aliphatic heterocycles. The monoisotopic (exact) mass is 334 g/mol. The molecule has 19 heavy (non-hydrogen) atoms. The molecule has 0 radical (unpaired) electrons. The molecule has 0 aliphatic carbocycles. The van der Waals surface area contributed by atoms with Gasteiger partial charge in [-0.3, -0.25) is 0 Å². The molecule has 0 aromatic heterocycles. The average molecular weight is 335 g/mol. The SMILES string of the molecule is CCC.CCCCCCCCCCCCCCCBr. The van der Waals surface area contributed by atoms with Crippen LogP contribution >= 0.6 is 15.9 Å². The van der Waals surface area contributed by atoms with Gasteiger partial charge >= 0.3 is 0 Å². The van der Waals surface area contributed by atoms with Crippen LogP contribution in [0.2, 0.25) is 0 Å². The molecule has 0 unspecified atom stereocenters. The van der Waals surface area contributed by atoms with Gasteiger partial charge in [-0.1, -0.05) is 120 Å². The van der Waals surface area contributed by atoms with Crippen molar-refractivity contribution in [3.05, 3.63) is 0 Å². The van der Waals surface area contributed by atoms with E-state index in [0.29, 0.717) is 0 Å². The number of hydrogen-bond acceptors (Lipinski definition) is 0. The molecular formula is C18H39Br. The summed E-state index contributed by atoms with van der Waals surface area (Å²) in [6, 6.07) is 0. The van der Waals surface area contributed by atoms with Crippen LogP contribution in [0, 0.1) is 0 Å². The van der Waals surface area contributed by atoms with Crippen LogP contribution in [0.15, 0.2) is 0 Å². The molecule has 118 valence electrons. The van der Waals surface area contributed by atoms with Crippen LogP contribution < -0.4 is 0 Å². The minimum Gasteiger partial charge on any atom is -0.0928 e. The van der Waals surface area contributed by atoms with E-state index in [1.807, 2.05) is 0 Å². The molecule has 0 fully saturated rings. The molecule has 1 heteroatoms. The van der Waals surface area contributed by atoms with Gasteiger partial charge in [0.1, 0.15) is 0 Å². The van der Waals surface area contributed by atoms with E-state index in [1.54, 1.807) is 0 Å². The van der Waals surface area contributed by atoms with Gasteiger partial charge in [0.05, 0.1) is 0 Å². The van der Waals surface area contributed by atoms with Gasteiger partial charge in [-0.25, -0.2) is 0 Å². The lowest BCUT2D eigenvalue weighted by Crippen LogP contribution is -1.83. The predicted molar refractivity (Wildman–Crippen MR) is 95.5 cm³/mol. The highest BCUT2D eigenvalue weighted by Crippen LogP contribution is 2.12. The molecule has 0 aliphatic rings. The summed E-state index contributed by atoms with van der Waals surface area (Å²) in [4.78, 5) is 0. The van der Waals surface area contributed by atoms with Crippen molar-refractivity contribution in [1.29, 1.82) is 0 Å². The number of rotatable bonds is 13. The van der Waals surface area contributed by atoms with Crippen molar-refractivity contribution >= 4 is 15.9 Å². The summed E-state index contributed by atoms with van der Waals surface area (Å²) in [5.41, 5.74) is 0. The van der Waals surface area contributed by atoms with Crippen molar-refractivity contribution in [3.63, 3.8) is 0 Å². The number of halogens is 1. The third-order valence-corrected chi connectivity index (χ3v) is 3.80. The Morgan fingerprint density at radius 1 is 0.474 bits per heavy atom. The van der Waals surface area contributed by atoms with Gasteiger partial charge in [-0.15, -0.1) is 0 Å². The molecule has 0 heterocycles. The highest BCUT2D eigenvalue weighted by molar-refractivity contribution is 9.09. The van der Waals surface area contributed by atoms with Crippen molar-refractivity contribution in [2.45, 2.75) is 111 Å². The molecule has 0 spiro atoms. The molecule has 0 aromatic rings. The lowest BCUT2D eigenvalue weighted by atomic mass is 10.1. The van der Waals surface area contributed by atoms with Crippen LogP contribution in [0.5, 0.6) is 0 Å². The second kappa shape index (κ2) is 23.6. The first-order valence-electron chi connectivity index (χ1n) is 8.89. The number of unbranched alkanes of at least 4 members (excludes halogenated alkanes) is 12. The smallest absolute Gasteiger partial charge is 0.00313 e. The van der Waals surface area contributed by atoms with Crippen LogP contribution in [0.25, 0.3) is 0 Å². The highest BCUT2D eigenvalue weighted by atomic mass is 79.9. The van der Waals surface area contributed by atoms with Crippen LogP contribution in [-0.2, 0) is 0 Å². The zero-order valence-corrected chi connectivity index (χ0v) is 15.6. The fraction of sp³-hybridized carbons (Fsp3) is 1.00. The van der Waals surface area contributed by atoms with E-state index in [-0.39, 0.29) is 0 Å². The second-order valence-electron chi connectivity index (χ2n) is 5.64. The van der Waals surface area contributed by atoms with Gasteiger partial charge < -0.3 is 0 Å². The lowest BCUT2D eigenvalue weighted by Gasteiger charge is -2.02. The zero-order chi connectivity index (χ0) is 14.6.